The zero-order valence-corrected chi connectivity index (χ0v) is 17.5. The highest BCUT2D eigenvalue weighted by Gasteiger charge is 2.14. The summed E-state index contributed by atoms with van der Waals surface area (Å²) in [6.45, 7) is 8.36. The fourth-order valence-electron chi connectivity index (χ4n) is 3.06. The second-order valence-corrected chi connectivity index (χ2v) is 7.91. The highest BCUT2D eigenvalue weighted by Crippen LogP contribution is 2.28. The summed E-state index contributed by atoms with van der Waals surface area (Å²) in [5.41, 5.74) is 5.19. The van der Waals surface area contributed by atoms with Gasteiger partial charge in [0.15, 0.2) is 0 Å². The highest BCUT2D eigenvalue weighted by atomic mass is 32.2. The molecule has 0 spiro atoms. The summed E-state index contributed by atoms with van der Waals surface area (Å²) < 4.78 is 5.72. The van der Waals surface area contributed by atoms with Crippen LogP contribution in [-0.4, -0.2) is 21.9 Å². The first-order chi connectivity index (χ1) is 13.5. The summed E-state index contributed by atoms with van der Waals surface area (Å²) in [5.74, 6) is 0.979. The second-order valence-electron chi connectivity index (χ2n) is 6.98. The average Bonchev–Trinajstić information content (AvgIpc) is 3.14. The molecule has 0 aliphatic carbocycles. The van der Waals surface area contributed by atoms with Crippen molar-refractivity contribution in [2.45, 2.75) is 45.3 Å². The maximum absolute atomic E-state index is 12.4. The van der Waals surface area contributed by atoms with Gasteiger partial charge in [0.25, 0.3) is 5.22 Å². The SMILES string of the molecule is CC[C@@H](C)c1ccccc1NC(=O)CSc1nnc(-c2cc(C)cc(C)c2)o1. The van der Waals surface area contributed by atoms with Crippen LogP contribution >= 0.6 is 11.8 Å². The number of nitrogens with zero attached hydrogens (tertiary/aromatic N) is 2. The van der Waals surface area contributed by atoms with Crippen LogP contribution in [0.25, 0.3) is 11.5 Å². The molecule has 1 heterocycles. The molecule has 0 saturated heterocycles. The third-order valence-electron chi connectivity index (χ3n) is 4.58. The van der Waals surface area contributed by atoms with Gasteiger partial charge < -0.3 is 9.73 Å². The molecule has 3 rings (SSSR count). The van der Waals surface area contributed by atoms with Gasteiger partial charge in [-0.3, -0.25) is 4.79 Å². The van der Waals surface area contributed by atoms with E-state index >= 15 is 0 Å². The van der Waals surface area contributed by atoms with Crippen molar-refractivity contribution in [2.75, 3.05) is 11.1 Å². The largest absolute Gasteiger partial charge is 0.411 e. The number of benzene rings is 2. The van der Waals surface area contributed by atoms with Gasteiger partial charge in [0.05, 0.1) is 5.75 Å². The molecule has 0 fully saturated rings. The van der Waals surface area contributed by atoms with Crippen LogP contribution in [-0.2, 0) is 4.79 Å². The topological polar surface area (TPSA) is 68.0 Å². The van der Waals surface area contributed by atoms with Crippen molar-refractivity contribution in [3.05, 3.63) is 59.2 Å². The molecule has 1 N–H and O–H groups in total. The van der Waals surface area contributed by atoms with E-state index in [0.29, 0.717) is 17.0 Å². The third-order valence-corrected chi connectivity index (χ3v) is 5.40. The Morgan fingerprint density at radius 1 is 1.14 bits per heavy atom. The number of carbonyl (C=O) groups excluding carboxylic acids is 1. The predicted molar refractivity (Wildman–Crippen MR) is 114 cm³/mol. The highest BCUT2D eigenvalue weighted by molar-refractivity contribution is 7.99. The van der Waals surface area contributed by atoms with Gasteiger partial charge in [-0.15, -0.1) is 10.2 Å². The van der Waals surface area contributed by atoms with Gasteiger partial charge in [-0.1, -0.05) is 61.0 Å². The van der Waals surface area contributed by atoms with Gasteiger partial charge >= 0.3 is 0 Å². The lowest BCUT2D eigenvalue weighted by Crippen LogP contribution is -2.15. The first-order valence-corrected chi connectivity index (χ1v) is 10.4. The Labute approximate surface area is 170 Å². The molecule has 146 valence electrons. The van der Waals surface area contributed by atoms with Gasteiger partial charge in [0, 0.05) is 11.3 Å². The summed E-state index contributed by atoms with van der Waals surface area (Å²) >= 11 is 1.24. The van der Waals surface area contributed by atoms with E-state index in [1.807, 2.05) is 44.2 Å². The van der Waals surface area contributed by atoms with Gasteiger partial charge in [-0.05, 0) is 49.9 Å². The van der Waals surface area contributed by atoms with Gasteiger partial charge in [-0.25, -0.2) is 0 Å². The first-order valence-electron chi connectivity index (χ1n) is 9.40. The van der Waals surface area contributed by atoms with Crippen molar-refractivity contribution in [2.24, 2.45) is 0 Å². The van der Waals surface area contributed by atoms with Crippen molar-refractivity contribution < 1.29 is 9.21 Å². The summed E-state index contributed by atoms with van der Waals surface area (Å²) in [5, 5.41) is 11.6. The minimum Gasteiger partial charge on any atom is -0.411 e. The normalized spacial score (nSPS) is 12.0. The average molecular weight is 396 g/mol. The Hall–Kier alpha value is -2.60. The van der Waals surface area contributed by atoms with E-state index in [0.717, 1.165) is 34.4 Å². The van der Waals surface area contributed by atoms with E-state index in [-0.39, 0.29) is 11.7 Å². The number of thioether (sulfide) groups is 1. The molecule has 5 nitrogen and oxygen atoms in total. The van der Waals surface area contributed by atoms with E-state index in [2.05, 4.69) is 41.5 Å². The Kier molecular flexibility index (Phi) is 6.52. The molecule has 1 amide bonds. The van der Waals surface area contributed by atoms with Crippen LogP contribution in [0, 0.1) is 13.8 Å². The molecule has 0 aliphatic rings. The Morgan fingerprint density at radius 3 is 2.57 bits per heavy atom. The van der Waals surface area contributed by atoms with Gasteiger partial charge in [0.1, 0.15) is 0 Å². The number of para-hydroxylation sites is 1. The van der Waals surface area contributed by atoms with Crippen LogP contribution in [0.15, 0.2) is 52.1 Å². The molecule has 3 aromatic rings. The third kappa shape index (κ3) is 5.01. The maximum atomic E-state index is 12.4. The Bertz CT molecular complexity index is 948. The molecule has 0 unspecified atom stereocenters. The summed E-state index contributed by atoms with van der Waals surface area (Å²) in [6, 6.07) is 14.0. The number of amides is 1. The lowest BCUT2D eigenvalue weighted by molar-refractivity contribution is -0.113. The molecule has 28 heavy (non-hydrogen) atoms. The smallest absolute Gasteiger partial charge is 0.277 e. The molecular weight excluding hydrogens is 370 g/mol. The van der Waals surface area contributed by atoms with Crippen molar-refractivity contribution >= 4 is 23.4 Å². The zero-order valence-electron chi connectivity index (χ0n) is 16.7. The van der Waals surface area contributed by atoms with Crippen LogP contribution in [0.3, 0.4) is 0 Å². The number of aryl methyl sites for hydroxylation is 2. The number of anilines is 1. The molecular formula is C22H25N3O2S. The van der Waals surface area contributed by atoms with Crippen LogP contribution < -0.4 is 5.32 Å². The zero-order chi connectivity index (χ0) is 20.1. The molecule has 0 bridgehead atoms. The molecule has 1 atom stereocenters. The van der Waals surface area contributed by atoms with Gasteiger partial charge in [0.2, 0.25) is 11.8 Å². The molecule has 0 radical (unpaired) electrons. The molecule has 2 aromatic carbocycles. The van der Waals surface area contributed by atoms with E-state index in [1.54, 1.807) is 0 Å². The second kappa shape index (κ2) is 9.06. The monoisotopic (exact) mass is 395 g/mol. The molecule has 0 saturated carbocycles. The first kappa shape index (κ1) is 20.1. The van der Waals surface area contributed by atoms with E-state index in [1.165, 1.54) is 11.8 Å². The number of hydrogen-bond acceptors (Lipinski definition) is 5. The van der Waals surface area contributed by atoms with Crippen molar-refractivity contribution in [3.63, 3.8) is 0 Å². The standard InChI is InChI=1S/C22H25N3O2S/c1-5-16(4)18-8-6-7-9-19(18)23-20(26)13-28-22-25-24-21(27-22)17-11-14(2)10-15(3)12-17/h6-12,16H,5,13H2,1-4H3,(H,23,26)/t16-/m1/s1. The predicted octanol–water partition coefficient (Wildman–Crippen LogP) is 5.60. The van der Waals surface area contributed by atoms with Crippen molar-refractivity contribution in [1.82, 2.24) is 10.2 Å². The minimum absolute atomic E-state index is 0.0908. The van der Waals surface area contributed by atoms with E-state index in [9.17, 15) is 4.79 Å². The summed E-state index contributed by atoms with van der Waals surface area (Å²) in [4.78, 5) is 12.4. The number of rotatable bonds is 7. The molecule has 1 aromatic heterocycles. The fraction of sp³-hybridized carbons (Fsp3) is 0.318. The number of nitrogens with one attached hydrogen (secondary N) is 1. The van der Waals surface area contributed by atoms with Crippen LogP contribution in [0.1, 0.15) is 42.9 Å². The fourth-order valence-corrected chi connectivity index (χ4v) is 3.62. The molecule has 6 heteroatoms. The van der Waals surface area contributed by atoms with Crippen LogP contribution in [0.5, 0.6) is 0 Å². The van der Waals surface area contributed by atoms with Crippen LogP contribution in [0.2, 0.25) is 0 Å². The summed E-state index contributed by atoms with van der Waals surface area (Å²) in [6.07, 6.45) is 1.02. The maximum Gasteiger partial charge on any atom is 0.277 e. The lowest BCUT2D eigenvalue weighted by Gasteiger charge is -2.15. The summed E-state index contributed by atoms with van der Waals surface area (Å²) in [7, 11) is 0. The number of aromatic nitrogens is 2. The van der Waals surface area contributed by atoms with E-state index < -0.39 is 0 Å². The number of carbonyl (C=O) groups is 1. The Morgan fingerprint density at radius 2 is 1.86 bits per heavy atom. The van der Waals surface area contributed by atoms with Crippen molar-refractivity contribution in [1.29, 1.82) is 0 Å². The molecule has 0 aliphatic heterocycles. The minimum atomic E-state index is -0.0908. The van der Waals surface area contributed by atoms with Crippen molar-refractivity contribution in [3.8, 4) is 11.5 Å². The lowest BCUT2D eigenvalue weighted by atomic mass is 9.97. The number of hydrogen-bond donors (Lipinski definition) is 1. The van der Waals surface area contributed by atoms with E-state index in [4.69, 9.17) is 4.42 Å². The Balaban J connectivity index is 1.62. The van der Waals surface area contributed by atoms with Gasteiger partial charge in [-0.2, -0.15) is 0 Å². The quantitative estimate of drug-likeness (QED) is 0.528. The van der Waals surface area contributed by atoms with Crippen LogP contribution in [0.4, 0.5) is 5.69 Å².